The maximum absolute atomic E-state index is 3.79. The number of nitrogens with zero attached hydrogens (tertiary/aromatic N) is 1. The summed E-state index contributed by atoms with van der Waals surface area (Å²) < 4.78 is 0. The van der Waals surface area contributed by atoms with Gasteiger partial charge in [0.1, 0.15) is 0 Å². The van der Waals surface area contributed by atoms with Crippen molar-refractivity contribution in [3.05, 3.63) is 0 Å². The van der Waals surface area contributed by atoms with Gasteiger partial charge in [-0.2, -0.15) is 0 Å². The van der Waals surface area contributed by atoms with Crippen LogP contribution < -0.4 is 10.6 Å². The Kier molecular flexibility index (Phi) is 7.09. The second kappa shape index (κ2) is 8.06. The lowest BCUT2D eigenvalue weighted by atomic mass is 9.90. The highest BCUT2D eigenvalue weighted by Crippen LogP contribution is 2.18. The van der Waals surface area contributed by atoms with E-state index in [4.69, 9.17) is 0 Å². The molecule has 102 valence electrons. The van der Waals surface area contributed by atoms with Crippen LogP contribution in [0.2, 0.25) is 0 Å². The molecule has 2 N–H and O–H groups in total. The van der Waals surface area contributed by atoms with E-state index in [2.05, 4.69) is 36.3 Å². The van der Waals surface area contributed by atoms with Crippen molar-refractivity contribution in [2.75, 3.05) is 39.3 Å². The summed E-state index contributed by atoms with van der Waals surface area (Å²) in [5, 5.41) is 7.24. The van der Waals surface area contributed by atoms with Gasteiger partial charge in [0.25, 0.3) is 0 Å². The molecule has 1 fully saturated rings. The molecule has 0 aromatic heterocycles. The molecule has 0 aromatic carbocycles. The molecule has 0 unspecified atom stereocenters. The minimum atomic E-state index is 0.379. The molecular weight excluding hydrogens is 210 g/mol. The second-order valence-corrected chi connectivity index (χ2v) is 5.21. The minimum Gasteiger partial charge on any atom is -0.315 e. The molecule has 1 aliphatic rings. The first-order valence-corrected chi connectivity index (χ1v) is 7.44. The van der Waals surface area contributed by atoms with Gasteiger partial charge in [0.05, 0.1) is 0 Å². The van der Waals surface area contributed by atoms with Crippen LogP contribution in [0.1, 0.15) is 46.5 Å². The Morgan fingerprint density at radius 3 is 2.41 bits per heavy atom. The normalized spacial score (nSPS) is 19.2. The minimum absolute atomic E-state index is 0.379. The van der Waals surface area contributed by atoms with E-state index in [0.29, 0.717) is 5.54 Å². The van der Waals surface area contributed by atoms with Gasteiger partial charge in [-0.15, -0.1) is 0 Å². The van der Waals surface area contributed by atoms with Gasteiger partial charge in [0, 0.05) is 31.7 Å². The molecule has 1 heterocycles. The first kappa shape index (κ1) is 14.9. The Bertz CT molecular complexity index is 174. The Labute approximate surface area is 107 Å². The molecule has 0 spiro atoms. The zero-order chi connectivity index (χ0) is 12.6. The highest BCUT2D eigenvalue weighted by Gasteiger charge is 2.22. The van der Waals surface area contributed by atoms with Crippen LogP contribution >= 0.6 is 0 Å². The van der Waals surface area contributed by atoms with Gasteiger partial charge in [-0.3, -0.25) is 0 Å². The van der Waals surface area contributed by atoms with Crippen molar-refractivity contribution in [2.45, 2.75) is 52.0 Å². The first-order valence-electron chi connectivity index (χ1n) is 7.44. The quantitative estimate of drug-likeness (QED) is 0.712. The van der Waals surface area contributed by atoms with Gasteiger partial charge in [-0.1, -0.05) is 20.8 Å². The highest BCUT2D eigenvalue weighted by molar-refractivity contribution is 4.84. The average molecular weight is 241 g/mol. The number of rotatable bonds is 7. The molecule has 0 saturated carbocycles. The molecule has 17 heavy (non-hydrogen) atoms. The number of hydrogen-bond donors (Lipinski definition) is 2. The number of nitrogens with one attached hydrogen (secondary N) is 2. The Morgan fingerprint density at radius 1 is 1.06 bits per heavy atom. The van der Waals surface area contributed by atoms with Crippen molar-refractivity contribution in [3.8, 4) is 0 Å². The zero-order valence-electron chi connectivity index (χ0n) is 12.0. The summed E-state index contributed by atoms with van der Waals surface area (Å²) in [5.41, 5.74) is 0.379. The Balaban J connectivity index is 2.25. The fourth-order valence-corrected chi connectivity index (χ4v) is 2.73. The maximum Gasteiger partial charge on any atom is 0.0174 e. The molecule has 0 aromatic rings. The number of hydrogen-bond acceptors (Lipinski definition) is 3. The van der Waals surface area contributed by atoms with E-state index in [9.17, 15) is 0 Å². The van der Waals surface area contributed by atoms with Gasteiger partial charge in [0.2, 0.25) is 0 Å². The van der Waals surface area contributed by atoms with Gasteiger partial charge < -0.3 is 15.5 Å². The fraction of sp³-hybridized carbons (Fsp3) is 1.00. The lowest BCUT2D eigenvalue weighted by Gasteiger charge is -2.33. The van der Waals surface area contributed by atoms with Crippen molar-refractivity contribution in [1.29, 1.82) is 0 Å². The molecule has 0 amide bonds. The Morgan fingerprint density at radius 2 is 1.76 bits per heavy atom. The molecule has 3 heteroatoms. The lowest BCUT2D eigenvalue weighted by molar-refractivity contribution is 0.244. The van der Waals surface area contributed by atoms with Crippen LogP contribution in [0.3, 0.4) is 0 Å². The smallest absolute Gasteiger partial charge is 0.0174 e. The van der Waals surface area contributed by atoms with E-state index in [1.54, 1.807) is 0 Å². The molecule has 0 radical (unpaired) electrons. The molecule has 0 atom stereocenters. The van der Waals surface area contributed by atoms with Crippen molar-refractivity contribution in [3.63, 3.8) is 0 Å². The van der Waals surface area contributed by atoms with Crippen molar-refractivity contribution in [2.24, 2.45) is 0 Å². The summed E-state index contributed by atoms with van der Waals surface area (Å²) in [4.78, 5) is 2.58. The summed E-state index contributed by atoms with van der Waals surface area (Å²) in [6.45, 7) is 14.0. The summed E-state index contributed by atoms with van der Waals surface area (Å²) in [7, 11) is 0. The maximum atomic E-state index is 3.79. The van der Waals surface area contributed by atoms with E-state index in [0.717, 1.165) is 13.1 Å². The van der Waals surface area contributed by atoms with Crippen molar-refractivity contribution >= 4 is 0 Å². The van der Waals surface area contributed by atoms with Crippen LogP contribution in [-0.4, -0.2) is 49.7 Å². The van der Waals surface area contributed by atoms with Gasteiger partial charge in [-0.25, -0.2) is 0 Å². The topological polar surface area (TPSA) is 27.3 Å². The Hall–Kier alpha value is -0.120. The van der Waals surface area contributed by atoms with E-state index in [1.165, 1.54) is 51.9 Å². The van der Waals surface area contributed by atoms with Gasteiger partial charge in [-0.05, 0) is 38.8 Å². The fourth-order valence-electron chi connectivity index (χ4n) is 2.73. The van der Waals surface area contributed by atoms with Crippen LogP contribution in [0.5, 0.6) is 0 Å². The van der Waals surface area contributed by atoms with E-state index < -0.39 is 0 Å². The average Bonchev–Trinajstić information content (AvgIpc) is 2.64. The highest BCUT2D eigenvalue weighted by atomic mass is 15.2. The van der Waals surface area contributed by atoms with E-state index >= 15 is 0 Å². The summed E-state index contributed by atoms with van der Waals surface area (Å²) >= 11 is 0. The third-order valence-electron chi connectivity index (χ3n) is 4.39. The molecule has 1 aliphatic heterocycles. The molecule has 3 nitrogen and oxygen atoms in total. The van der Waals surface area contributed by atoms with Crippen LogP contribution in [0.25, 0.3) is 0 Å². The summed E-state index contributed by atoms with van der Waals surface area (Å²) in [6.07, 6.45) is 5.01. The monoisotopic (exact) mass is 241 g/mol. The van der Waals surface area contributed by atoms with E-state index in [-0.39, 0.29) is 0 Å². The standard InChI is InChI=1S/C14H31N3/c1-4-14(5-2,6-3)16-10-13-17-11-7-8-15-9-12-17/h15-16H,4-13H2,1-3H3. The second-order valence-electron chi connectivity index (χ2n) is 5.21. The SMILES string of the molecule is CCC(CC)(CC)NCCN1CCCNCC1. The van der Waals surface area contributed by atoms with Crippen LogP contribution in [-0.2, 0) is 0 Å². The van der Waals surface area contributed by atoms with Crippen LogP contribution in [0.4, 0.5) is 0 Å². The largest absolute Gasteiger partial charge is 0.315 e. The zero-order valence-corrected chi connectivity index (χ0v) is 12.0. The third kappa shape index (κ3) is 4.94. The molecule has 1 rings (SSSR count). The molecule has 1 saturated heterocycles. The van der Waals surface area contributed by atoms with Gasteiger partial charge >= 0.3 is 0 Å². The predicted octanol–water partition coefficient (Wildman–Crippen LogP) is 1.84. The lowest BCUT2D eigenvalue weighted by Crippen LogP contribution is -2.47. The first-order chi connectivity index (χ1) is 8.26. The summed E-state index contributed by atoms with van der Waals surface area (Å²) in [6, 6.07) is 0. The molecular formula is C14H31N3. The molecule has 0 aliphatic carbocycles. The van der Waals surface area contributed by atoms with Crippen LogP contribution in [0, 0.1) is 0 Å². The third-order valence-corrected chi connectivity index (χ3v) is 4.39. The van der Waals surface area contributed by atoms with E-state index in [1.807, 2.05) is 0 Å². The van der Waals surface area contributed by atoms with Gasteiger partial charge in [0.15, 0.2) is 0 Å². The summed E-state index contributed by atoms with van der Waals surface area (Å²) in [5.74, 6) is 0. The predicted molar refractivity (Wildman–Crippen MR) is 75.5 cm³/mol. The molecule has 0 bridgehead atoms. The van der Waals surface area contributed by atoms with Crippen LogP contribution in [0.15, 0.2) is 0 Å². The van der Waals surface area contributed by atoms with Crippen molar-refractivity contribution in [1.82, 2.24) is 15.5 Å². The van der Waals surface area contributed by atoms with Crippen molar-refractivity contribution < 1.29 is 0 Å².